The molecule has 5 nitrogen and oxygen atoms in total. The monoisotopic (exact) mass is 196 g/mol. The summed E-state index contributed by atoms with van der Waals surface area (Å²) in [5.41, 5.74) is 5.40. The standard InChI is InChI=1S/C9H16N4O/c1-6(2)7(5-14)13-9-4-11-8(10)3-12-9/h3-4,6-7,14H,5H2,1-2H3,(H2,10,11)(H,12,13). The van der Waals surface area contributed by atoms with Gasteiger partial charge in [0.25, 0.3) is 0 Å². The molecule has 1 rings (SSSR count). The van der Waals surface area contributed by atoms with Crippen LogP contribution < -0.4 is 11.1 Å². The third-order valence-corrected chi connectivity index (χ3v) is 2.01. The second kappa shape index (κ2) is 4.76. The van der Waals surface area contributed by atoms with E-state index in [0.29, 0.717) is 17.6 Å². The van der Waals surface area contributed by atoms with Crippen LogP contribution in [-0.2, 0) is 0 Å². The molecule has 1 heterocycles. The van der Waals surface area contributed by atoms with E-state index >= 15 is 0 Å². The van der Waals surface area contributed by atoms with Gasteiger partial charge >= 0.3 is 0 Å². The van der Waals surface area contributed by atoms with E-state index in [-0.39, 0.29) is 12.6 Å². The lowest BCUT2D eigenvalue weighted by atomic mass is 10.1. The summed E-state index contributed by atoms with van der Waals surface area (Å²) in [5, 5.41) is 12.2. The minimum atomic E-state index is -0.00655. The van der Waals surface area contributed by atoms with Gasteiger partial charge < -0.3 is 16.2 Å². The van der Waals surface area contributed by atoms with E-state index in [1.165, 1.54) is 6.20 Å². The first-order chi connectivity index (χ1) is 6.63. The van der Waals surface area contributed by atoms with Gasteiger partial charge in [-0.15, -0.1) is 0 Å². The Morgan fingerprint density at radius 1 is 1.43 bits per heavy atom. The third kappa shape index (κ3) is 2.85. The summed E-state index contributed by atoms with van der Waals surface area (Å²) in [5.74, 6) is 1.35. The van der Waals surface area contributed by atoms with Crippen molar-refractivity contribution in [3.05, 3.63) is 12.4 Å². The molecule has 0 aliphatic carbocycles. The number of aliphatic hydroxyl groups is 1. The first kappa shape index (κ1) is 10.7. The SMILES string of the molecule is CC(C)C(CO)Nc1cnc(N)cn1. The number of anilines is 2. The average Bonchev–Trinajstić information content (AvgIpc) is 2.16. The Morgan fingerprint density at radius 3 is 2.57 bits per heavy atom. The van der Waals surface area contributed by atoms with Crippen LogP contribution in [0.5, 0.6) is 0 Å². The molecule has 0 amide bonds. The Morgan fingerprint density at radius 2 is 2.14 bits per heavy atom. The van der Waals surface area contributed by atoms with Gasteiger partial charge in [-0.3, -0.25) is 0 Å². The van der Waals surface area contributed by atoms with Crippen LogP contribution in [0.2, 0.25) is 0 Å². The van der Waals surface area contributed by atoms with Crippen LogP contribution in [0.15, 0.2) is 12.4 Å². The molecule has 14 heavy (non-hydrogen) atoms. The fraction of sp³-hybridized carbons (Fsp3) is 0.556. The maximum absolute atomic E-state index is 9.08. The van der Waals surface area contributed by atoms with Crippen molar-refractivity contribution in [1.29, 1.82) is 0 Å². The number of hydrogen-bond acceptors (Lipinski definition) is 5. The van der Waals surface area contributed by atoms with Gasteiger partial charge in [-0.2, -0.15) is 0 Å². The van der Waals surface area contributed by atoms with Crippen LogP contribution in [0.4, 0.5) is 11.6 Å². The Bertz CT molecular complexity index is 273. The summed E-state index contributed by atoms with van der Waals surface area (Å²) in [6.45, 7) is 4.13. The number of nitrogens with zero attached hydrogens (tertiary/aromatic N) is 2. The van der Waals surface area contributed by atoms with Crippen LogP contribution in [0.3, 0.4) is 0 Å². The summed E-state index contributed by atoms with van der Waals surface area (Å²) < 4.78 is 0. The number of rotatable bonds is 4. The van der Waals surface area contributed by atoms with E-state index in [2.05, 4.69) is 15.3 Å². The fourth-order valence-electron chi connectivity index (χ4n) is 1.03. The zero-order valence-corrected chi connectivity index (χ0v) is 8.44. The van der Waals surface area contributed by atoms with E-state index in [4.69, 9.17) is 10.8 Å². The summed E-state index contributed by atoms with van der Waals surface area (Å²) in [6, 6.07) is -0.00655. The van der Waals surface area contributed by atoms with Crippen molar-refractivity contribution in [2.75, 3.05) is 17.7 Å². The summed E-state index contributed by atoms with van der Waals surface area (Å²) in [7, 11) is 0. The van der Waals surface area contributed by atoms with Crippen LogP contribution in [0, 0.1) is 5.92 Å². The molecule has 1 unspecified atom stereocenters. The number of nitrogens with one attached hydrogen (secondary N) is 1. The van der Waals surface area contributed by atoms with E-state index < -0.39 is 0 Å². The van der Waals surface area contributed by atoms with Crippen molar-refractivity contribution in [3.63, 3.8) is 0 Å². The molecule has 4 N–H and O–H groups in total. The molecule has 0 aliphatic heterocycles. The molecule has 0 spiro atoms. The molecule has 1 atom stereocenters. The summed E-state index contributed by atoms with van der Waals surface area (Å²) in [6.07, 6.45) is 3.04. The quantitative estimate of drug-likeness (QED) is 0.652. The number of nitrogens with two attached hydrogens (primary N) is 1. The lowest BCUT2D eigenvalue weighted by Crippen LogP contribution is -2.29. The van der Waals surface area contributed by atoms with Gasteiger partial charge in [-0.25, -0.2) is 9.97 Å². The first-order valence-corrected chi connectivity index (χ1v) is 4.58. The predicted octanol–water partition coefficient (Wildman–Crippen LogP) is 0.488. The third-order valence-electron chi connectivity index (χ3n) is 2.01. The van der Waals surface area contributed by atoms with E-state index in [0.717, 1.165) is 0 Å². The maximum Gasteiger partial charge on any atom is 0.144 e. The second-order valence-electron chi connectivity index (χ2n) is 3.50. The van der Waals surface area contributed by atoms with Crippen molar-refractivity contribution in [2.45, 2.75) is 19.9 Å². The van der Waals surface area contributed by atoms with Crippen LogP contribution in [0.25, 0.3) is 0 Å². The van der Waals surface area contributed by atoms with E-state index in [1.807, 2.05) is 13.8 Å². The van der Waals surface area contributed by atoms with Crippen LogP contribution >= 0.6 is 0 Å². The van der Waals surface area contributed by atoms with Crippen LogP contribution in [-0.4, -0.2) is 27.7 Å². The van der Waals surface area contributed by atoms with E-state index in [9.17, 15) is 0 Å². The highest BCUT2D eigenvalue weighted by Gasteiger charge is 2.11. The van der Waals surface area contributed by atoms with Crippen molar-refractivity contribution < 1.29 is 5.11 Å². The smallest absolute Gasteiger partial charge is 0.144 e. The molecule has 1 aromatic heterocycles. The molecule has 0 fully saturated rings. The maximum atomic E-state index is 9.08. The fourth-order valence-corrected chi connectivity index (χ4v) is 1.03. The van der Waals surface area contributed by atoms with Crippen molar-refractivity contribution in [1.82, 2.24) is 9.97 Å². The molecule has 0 saturated heterocycles. The minimum Gasteiger partial charge on any atom is -0.394 e. The number of nitrogen functional groups attached to an aromatic ring is 1. The zero-order chi connectivity index (χ0) is 10.6. The van der Waals surface area contributed by atoms with Crippen molar-refractivity contribution >= 4 is 11.6 Å². The zero-order valence-electron chi connectivity index (χ0n) is 8.44. The lowest BCUT2D eigenvalue weighted by molar-refractivity contribution is 0.249. The predicted molar refractivity (Wildman–Crippen MR) is 55.8 cm³/mol. The highest BCUT2D eigenvalue weighted by Crippen LogP contribution is 2.09. The molecular weight excluding hydrogens is 180 g/mol. The molecule has 0 aliphatic rings. The average molecular weight is 196 g/mol. The largest absolute Gasteiger partial charge is 0.394 e. The van der Waals surface area contributed by atoms with Gasteiger partial charge in [-0.05, 0) is 5.92 Å². The van der Waals surface area contributed by atoms with Crippen LogP contribution in [0.1, 0.15) is 13.8 Å². The highest BCUT2D eigenvalue weighted by atomic mass is 16.3. The lowest BCUT2D eigenvalue weighted by Gasteiger charge is -2.19. The summed E-state index contributed by atoms with van der Waals surface area (Å²) >= 11 is 0. The number of aliphatic hydroxyl groups excluding tert-OH is 1. The topological polar surface area (TPSA) is 84.1 Å². The van der Waals surface area contributed by atoms with Gasteiger partial charge in [0.05, 0.1) is 25.0 Å². The first-order valence-electron chi connectivity index (χ1n) is 4.58. The van der Waals surface area contributed by atoms with Gasteiger partial charge in [0.2, 0.25) is 0 Å². The Hall–Kier alpha value is -1.36. The molecular formula is C9H16N4O. The Balaban J connectivity index is 2.63. The molecule has 0 saturated carbocycles. The second-order valence-corrected chi connectivity index (χ2v) is 3.50. The number of aromatic nitrogens is 2. The van der Waals surface area contributed by atoms with Gasteiger partial charge in [0.15, 0.2) is 0 Å². The molecule has 1 aromatic rings. The molecule has 0 aromatic carbocycles. The Labute approximate surface area is 83.4 Å². The number of hydrogen-bond donors (Lipinski definition) is 3. The highest BCUT2D eigenvalue weighted by molar-refractivity contribution is 5.36. The normalized spacial score (nSPS) is 12.9. The van der Waals surface area contributed by atoms with E-state index in [1.54, 1.807) is 6.20 Å². The molecule has 0 radical (unpaired) electrons. The summed E-state index contributed by atoms with van der Waals surface area (Å²) in [4.78, 5) is 7.94. The minimum absolute atomic E-state index is 0.00655. The molecule has 0 bridgehead atoms. The van der Waals surface area contributed by atoms with Gasteiger partial charge in [0.1, 0.15) is 11.6 Å². The van der Waals surface area contributed by atoms with Gasteiger partial charge in [-0.1, -0.05) is 13.8 Å². The van der Waals surface area contributed by atoms with Crippen molar-refractivity contribution in [3.8, 4) is 0 Å². The molecule has 78 valence electrons. The van der Waals surface area contributed by atoms with Gasteiger partial charge in [0, 0.05) is 0 Å². The Kier molecular flexibility index (Phi) is 3.64. The van der Waals surface area contributed by atoms with Crippen molar-refractivity contribution in [2.24, 2.45) is 5.92 Å². The molecule has 5 heteroatoms.